The lowest BCUT2D eigenvalue weighted by Crippen LogP contribution is -2.40. The van der Waals surface area contributed by atoms with Gasteiger partial charge in [0.15, 0.2) is 5.11 Å². The third-order valence-electron chi connectivity index (χ3n) is 1.79. The first-order valence-electron chi connectivity index (χ1n) is 5.00. The third-order valence-corrected chi connectivity index (χ3v) is 2.20. The summed E-state index contributed by atoms with van der Waals surface area (Å²) in [4.78, 5) is 2.03. The molecule has 0 aromatic rings. The molecule has 0 radical (unpaired) electrons. The van der Waals surface area contributed by atoms with Gasteiger partial charge < -0.3 is 10.2 Å². The molecule has 0 amide bonds. The molecule has 0 saturated heterocycles. The summed E-state index contributed by atoms with van der Waals surface area (Å²) in [6, 6.07) is 0. The molecule has 3 heteroatoms. The Kier molecular flexibility index (Phi) is 8.24. The minimum atomic E-state index is 0.768. The molecule has 0 aliphatic rings. The van der Waals surface area contributed by atoms with Crippen LogP contribution in [0.4, 0.5) is 0 Å². The zero-order chi connectivity index (χ0) is 10.8. The standard InChI is InChI=1S/C11H20N2S/c1-4-7-8-12-11(14)13(9-5-2)10-6-3/h5-6H,2-4,7-10H2,1H3,(H,12,14). The van der Waals surface area contributed by atoms with E-state index in [0.29, 0.717) is 0 Å². The van der Waals surface area contributed by atoms with E-state index in [0.717, 1.165) is 31.2 Å². The van der Waals surface area contributed by atoms with Crippen LogP contribution in [0.15, 0.2) is 25.3 Å². The van der Waals surface area contributed by atoms with Crippen molar-refractivity contribution in [2.45, 2.75) is 19.8 Å². The van der Waals surface area contributed by atoms with Gasteiger partial charge in [-0.15, -0.1) is 13.2 Å². The molecular formula is C11H20N2S. The Morgan fingerprint density at radius 3 is 2.36 bits per heavy atom. The molecule has 0 unspecified atom stereocenters. The van der Waals surface area contributed by atoms with Crippen LogP contribution < -0.4 is 5.32 Å². The van der Waals surface area contributed by atoms with Gasteiger partial charge in [-0.05, 0) is 18.6 Å². The molecule has 0 heterocycles. The van der Waals surface area contributed by atoms with Crippen LogP contribution in [0.2, 0.25) is 0 Å². The summed E-state index contributed by atoms with van der Waals surface area (Å²) >= 11 is 5.24. The zero-order valence-corrected chi connectivity index (χ0v) is 9.78. The van der Waals surface area contributed by atoms with Gasteiger partial charge in [0, 0.05) is 19.6 Å². The van der Waals surface area contributed by atoms with Gasteiger partial charge in [0.25, 0.3) is 0 Å². The summed E-state index contributed by atoms with van der Waals surface area (Å²) in [6.07, 6.45) is 6.02. The van der Waals surface area contributed by atoms with Gasteiger partial charge >= 0.3 is 0 Å². The molecule has 0 bridgehead atoms. The predicted molar refractivity (Wildman–Crippen MR) is 67.5 cm³/mol. The highest BCUT2D eigenvalue weighted by molar-refractivity contribution is 7.80. The van der Waals surface area contributed by atoms with Crippen LogP contribution >= 0.6 is 12.2 Å². The molecule has 2 nitrogen and oxygen atoms in total. The van der Waals surface area contributed by atoms with Crippen LogP contribution in [0.3, 0.4) is 0 Å². The predicted octanol–water partition coefficient (Wildman–Crippen LogP) is 2.33. The molecule has 0 rings (SSSR count). The van der Waals surface area contributed by atoms with Crippen LogP contribution in [0.1, 0.15) is 19.8 Å². The first kappa shape index (κ1) is 13.2. The van der Waals surface area contributed by atoms with Gasteiger partial charge in [-0.1, -0.05) is 25.5 Å². The van der Waals surface area contributed by atoms with Crippen molar-refractivity contribution >= 4 is 17.3 Å². The van der Waals surface area contributed by atoms with Crippen LogP contribution in [0, 0.1) is 0 Å². The van der Waals surface area contributed by atoms with Gasteiger partial charge in [-0.25, -0.2) is 0 Å². The summed E-state index contributed by atoms with van der Waals surface area (Å²) in [5.74, 6) is 0. The Hall–Kier alpha value is -0.830. The summed E-state index contributed by atoms with van der Waals surface area (Å²) < 4.78 is 0. The lowest BCUT2D eigenvalue weighted by Gasteiger charge is -2.22. The first-order valence-corrected chi connectivity index (χ1v) is 5.41. The summed E-state index contributed by atoms with van der Waals surface area (Å²) in [5.41, 5.74) is 0. The Balaban J connectivity index is 3.87. The number of hydrogen-bond donors (Lipinski definition) is 1. The smallest absolute Gasteiger partial charge is 0.169 e. The lowest BCUT2D eigenvalue weighted by molar-refractivity contribution is 0.499. The number of rotatable bonds is 7. The highest BCUT2D eigenvalue weighted by atomic mass is 32.1. The second-order valence-corrected chi connectivity index (χ2v) is 3.45. The number of unbranched alkanes of at least 4 members (excludes halogenated alkanes) is 1. The Bertz CT molecular complexity index is 180. The van der Waals surface area contributed by atoms with Crippen molar-refractivity contribution in [1.29, 1.82) is 0 Å². The summed E-state index contributed by atoms with van der Waals surface area (Å²) in [7, 11) is 0. The molecule has 0 aromatic heterocycles. The summed E-state index contributed by atoms with van der Waals surface area (Å²) in [5, 5.41) is 4.01. The molecular weight excluding hydrogens is 192 g/mol. The molecule has 0 aliphatic carbocycles. The zero-order valence-electron chi connectivity index (χ0n) is 8.96. The van der Waals surface area contributed by atoms with Gasteiger partial charge in [0.2, 0.25) is 0 Å². The second-order valence-electron chi connectivity index (χ2n) is 3.07. The normalized spacial score (nSPS) is 9.21. The molecule has 0 aromatic carbocycles. The number of thiocarbonyl (C=S) groups is 1. The van der Waals surface area contributed by atoms with E-state index in [9.17, 15) is 0 Å². The average Bonchev–Trinajstić information content (AvgIpc) is 2.18. The maximum atomic E-state index is 5.24. The topological polar surface area (TPSA) is 15.3 Å². The van der Waals surface area contributed by atoms with E-state index in [-0.39, 0.29) is 0 Å². The molecule has 1 N–H and O–H groups in total. The molecule has 0 saturated carbocycles. The van der Waals surface area contributed by atoms with E-state index in [1.54, 1.807) is 0 Å². The van der Waals surface area contributed by atoms with E-state index in [4.69, 9.17) is 12.2 Å². The fourth-order valence-corrected chi connectivity index (χ4v) is 1.29. The van der Waals surface area contributed by atoms with E-state index >= 15 is 0 Å². The van der Waals surface area contributed by atoms with Gasteiger partial charge in [0.1, 0.15) is 0 Å². The van der Waals surface area contributed by atoms with Crippen LogP contribution in [0.5, 0.6) is 0 Å². The SMILES string of the molecule is C=CCN(CC=C)C(=S)NCCCC. The van der Waals surface area contributed by atoms with Crippen LogP contribution in [-0.4, -0.2) is 29.6 Å². The van der Waals surface area contributed by atoms with E-state index in [2.05, 4.69) is 25.4 Å². The Morgan fingerprint density at radius 1 is 1.36 bits per heavy atom. The van der Waals surface area contributed by atoms with E-state index in [1.165, 1.54) is 6.42 Å². The van der Waals surface area contributed by atoms with E-state index < -0.39 is 0 Å². The minimum absolute atomic E-state index is 0.768. The van der Waals surface area contributed by atoms with Crippen molar-refractivity contribution in [1.82, 2.24) is 10.2 Å². The number of hydrogen-bond acceptors (Lipinski definition) is 1. The number of nitrogens with zero attached hydrogens (tertiary/aromatic N) is 1. The molecule has 0 atom stereocenters. The van der Waals surface area contributed by atoms with Gasteiger partial charge in [0.05, 0.1) is 0 Å². The Morgan fingerprint density at radius 2 is 1.93 bits per heavy atom. The fourth-order valence-electron chi connectivity index (χ4n) is 1.04. The van der Waals surface area contributed by atoms with Crippen molar-refractivity contribution in [2.75, 3.05) is 19.6 Å². The van der Waals surface area contributed by atoms with Crippen molar-refractivity contribution in [2.24, 2.45) is 0 Å². The molecule has 14 heavy (non-hydrogen) atoms. The monoisotopic (exact) mass is 212 g/mol. The van der Waals surface area contributed by atoms with Gasteiger partial charge in [-0.2, -0.15) is 0 Å². The van der Waals surface area contributed by atoms with E-state index in [1.807, 2.05) is 17.1 Å². The quantitative estimate of drug-likeness (QED) is 0.396. The summed E-state index contributed by atoms with van der Waals surface area (Å²) in [6.45, 7) is 12.0. The first-order chi connectivity index (χ1) is 6.76. The van der Waals surface area contributed by atoms with Crippen LogP contribution in [-0.2, 0) is 0 Å². The minimum Gasteiger partial charge on any atom is -0.363 e. The highest BCUT2D eigenvalue weighted by Crippen LogP contribution is 1.92. The molecule has 0 aliphatic heterocycles. The van der Waals surface area contributed by atoms with Crippen molar-refractivity contribution in [3.8, 4) is 0 Å². The Labute approximate surface area is 92.7 Å². The van der Waals surface area contributed by atoms with Crippen molar-refractivity contribution < 1.29 is 0 Å². The maximum absolute atomic E-state index is 5.24. The highest BCUT2D eigenvalue weighted by Gasteiger charge is 2.04. The third kappa shape index (κ3) is 5.75. The molecule has 80 valence electrons. The second kappa shape index (κ2) is 8.75. The number of nitrogens with one attached hydrogen (secondary N) is 1. The van der Waals surface area contributed by atoms with Crippen LogP contribution in [0.25, 0.3) is 0 Å². The maximum Gasteiger partial charge on any atom is 0.169 e. The van der Waals surface area contributed by atoms with Gasteiger partial charge in [-0.3, -0.25) is 0 Å². The fraction of sp³-hybridized carbons (Fsp3) is 0.545. The lowest BCUT2D eigenvalue weighted by atomic mass is 10.3. The van der Waals surface area contributed by atoms with Crippen molar-refractivity contribution in [3.63, 3.8) is 0 Å². The van der Waals surface area contributed by atoms with Crippen molar-refractivity contribution in [3.05, 3.63) is 25.3 Å². The molecule has 0 spiro atoms. The largest absolute Gasteiger partial charge is 0.363 e. The molecule has 0 fully saturated rings. The average molecular weight is 212 g/mol.